The van der Waals surface area contributed by atoms with Gasteiger partial charge in [-0.1, -0.05) is 12.8 Å². The highest BCUT2D eigenvalue weighted by molar-refractivity contribution is 5.82. The SMILES string of the molecule is O=C(C1CC2CCCCC2N1)N1CCOCC1CO. The zero-order valence-corrected chi connectivity index (χ0v) is 11.4. The summed E-state index contributed by atoms with van der Waals surface area (Å²) in [6.07, 6.45) is 6.03. The van der Waals surface area contributed by atoms with E-state index < -0.39 is 0 Å². The number of hydrogen-bond acceptors (Lipinski definition) is 4. The molecular weight excluding hydrogens is 244 g/mol. The second-order valence-corrected chi connectivity index (χ2v) is 6.05. The summed E-state index contributed by atoms with van der Waals surface area (Å²) >= 11 is 0. The van der Waals surface area contributed by atoms with Gasteiger partial charge in [-0.2, -0.15) is 0 Å². The Morgan fingerprint density at radius 1 is 1.37 bits per heavy atom. The predicted molar refractivity (Wildman–Crippen MR) is 70.7 cm³/mol. The molecule has 3 fully saturated rings. The molecule has 19 heavy (non-hydrogen) atoms. The van der Waals surface area contributed by atoms with Crippen LogP contribution in [0.5, 0.6) is 0 Å². The molecule has 0 aromatic rings. The van der Waals surface area contributed by atoms with Gasteiger partial charge in [0.15, 0.2) is 0 Å². The van der Waals surface area contributed by atoms with Crippen LogP contribution in [0.4, 0.5) is 0 Å². The number of morpholine rings is 1. The number of fused-ring (bicyclic) bond motifs is 1. The number of rotatable bonds is 2. The maximum absolute atomic E-state index is 12.6. The summed E-state index contributed by atoms with van der Waals surface area (Å²) in [4.78, 5) is 14.4. The molecule has 0 spiro atoms. The lowest BCUT2D eigenvalue weighted by Gasteiger charge is -2.36. The minimum atomic E-state index is -0.161. The maximum Gasteiger partial charge on any atom is 0.240 e. The van der Waals surface area contributed by atoms with Gasteiger partial charge in [0, 0.05) is 12.6 Å². The Bertz CT molecular complexity index is 323. The molecule has 5 nitrogen and oxygen atoms in total. The van der Waals surface area contributed by atoms with Gasteiger partial charge in [0.05, 0.1) is 31.9 Å². The third-order valence-electron chi connectivity index (χ3n) is 4.88. The molecule has 2 aliphatic heterocycles. The monoisotopic (exact) mass is 268 g/mol. The lowest BCUT2D eigenvalue weighted by molar-refractivity contribution is -0.143. The molecule has 1 amide bonds. The van der Waals surface area contributed by atoms with Crippen molar-refractivity contribution in [2.75, 3.05) is 26.4 Å². The number of nitrogens with zero attached hydrogens (tertiary/aromatic N) is 1. The Labute approximate surface area is 114 Å². The minimum absolute atomic E-state index is 0.00861. The van der Waals surface area contributed by atoms with E-state index >= 15 is 0 Å². The molecule has 3 aliphatic rings. The van der Waals surface area contributed by atoms with Crippen LogP contribution in [0, 0.1) is 5.92 Å². The normalized spacial score (nSPS) is 39.1. The van der Waals surface area contributed by atoms with E-state index in [9.17, 15) is 9.90 Å². The molecule has 0 radical (unpaired) electrons. The molecular formula is C14H24N2O3. The number of carbonyl (C=O) groups is 1. The zero-order chi connectivity index (χ0) is 13.2. The summed E-state index contributed by atoms with van der Waals surface area (Å²) in [5.41, 5.74) is 0. The van der Waals surface area contributed by atoms with Crippen LogP contribution in [0.1, 0.15) is 32.1 Å². The molecule has 2 N–H and O–H groups in total. The van der Waals surface area contributed by atoms with Crippen molar-refractivity contribution >= 4 is 5.91 Å². The van der Waals surface area contributed by atoms with E-state index in [1.807, 2.05) is 4.90 Å². The Kier molecular flexibility index (Phi) is 4.05. The molecule has 1 saturated carbocycles. The molecule has 4 atom stereocenters. The number of hydrogen-bond donors (Lipinski definition) is 2. The summed E-state index contributed by atoms with van der Waals surface area (Å²) in [5.74, 6) is 0.841. The fourth-order valence-electron chi connectivity index (χ4n) is 3.81. The van der Waals surface area contributed by atoms with Crippen molar-refractivity contribution in [1.82, 2.24) is 10.2 Å². The summed E-state index contributed by atoms with van der Waals surface area (Å²) in [6, 6.07) is 0.335. The Morgan fingerprint density at radius 3 is 3.00 bits per heavy atom. The minimum Gasteiger partial charge on any atom is -0.394 e. The van der Waals surface area contributed by atoms with Crippen molar-refractivity contribution in [3.05, 3.63) is 0 Å². The van der Waals surface area contributed by atoms with Gasteiger partial charge in [-0.25, -0.2) is 0 Å². The molecule has 108 valence electrons. The van der Waals surface area contributed by atoms with Gasteiger partial charge in [-0.3, -0.25) is 4.79 Å². The third-order valence-corrected chi connectivity index (χ3v) is 4.88. The Balaban J connectivity index is 1.63. The average Bonchev–Trinajstić information content (AvgIpc) is 2.90. The lowest BCUT2D eigenvalue weighted by atomic mass is 9.85. The molecule has 2 heterocycles. The summed E-state index contributed by atoms with van der Waals surface area (Å²) in [5, 5.41) is 12.9. The largest absolute Gasteiger partial charge is 0.394 e. The topological polar surface area (TPSA) is 61.8 Å². The van der Waals surface area contributed by atoms with Gasteiger partial charge in [0.1, 0.15) is 0 Å². The van der Waals surface area contributed by atoms with Crippen molar-refractivity contribution in [1.29, 1.82) is 0 Å². The number of ether oxygens (including phenoxy) is 1. The first-order chi connectivity index (χ1) is 9.29. The first-order valence-corrected chi connectivity index (χ1v) is 7.54. The first kappa shape index (κ1) is 13.3. The van der Waals surface area contributed by atoms with Crippen molar-refractivity contribution in [3.8, 4) is 0 Å². The van der Waals surface area contributed by atoms with Crippen LogP contribution in [0.25, 0.3) is 0 Å². The van der Waals surface area contributed by atoms with Crippen molar-refractivity contribution in [2.24, 2.45) is 5.92 Å². The van der Waals surface area contributed by atoms with E-state index in [-0.39, 0.29) is 24.6 Å². The second kappa shape index (κ2) is 5.77. The van der Waals surface area contributed by atoms with Gasteiger partial charge in [-0.15, -0.1) is 0 Å². The number of amides is 1. The first-order valence-electron chi connectivity index (χ1n) is 7.54. The van der Waals surface area contributed by atoms with Gasteiger partial charge in [0.25, 0.3) is 0 Å². The fraction of sp³-hybridized carbons (Fsp3) is 0.929. The predicted octanol–water partition coefficient (Wildman–Crippen LogP) is 0.127. The van der Waals surface area contributed by atoms with Crippen LogP contribution < -0.4 is 5.32 Å². The number of aliphatic hydroxyl groups is 1. The van der Waals surface area contributed by atoms with Crippen LogP contribution in [0.3, 0.4) is 0 Å². The van der Waals surface area contributed by atoms with E-state index in [1.165, 1.54) is 25.7 Å². The second-order valence-electron chi connectivity index (χ2n) is 6.05. The molecule has 2 saturated heterocycles. The van der Waals surface area contributed by atoms with Crippen molar-refractivity contribution in [2.45, 2.75) is 50.2 Å². The summed E-state index contributed by atoms with van der Waals surface area (Å²) in [7, 11) is 0. The van der Waals surface area contributed by atoms with E-state index in [4.69, 9.17) is 4.74 Å². The molecule has 5 heteroatoms. The molecule has 0 bridgehead atoms. The van der Waals surface area contributed by atoms with Crippen LogP contribution in [-0.4, -0.2) is 60.4 Å². The molecule has 4 unspecified atom stereocenters. The van der Waals surface area contributed by atoms with Gasteiger partial charge in [0.2, 0.25) is 5.91 Å². The highest BCUT2D eigenvalue weighted by Gasteiger charge is 2.41. The van der Waals surface area contributed by atoms with E-state index in [2.05, 4.69) is 5.32 Å². The third kappa shape index (κ3) is 2.64. The molecule has 3 rings (SSSR count). The van der Waals surface area contributed by atoms with Crippen LogP contribution in [0.15, 0.2) is 0 Å². The fourth-order valence-corrected chi connectivity index (χ4v) is 3.81. The molecule has 0 aromatic carbocycles. The number of aliphatic hydroxyl groups excluding tert-OH is 1. The number of carbonyl (C=O) groups excluding carboxylic acids is 1. The van der Waals surface area contributed by atoms with Crippen LogP contribution in [-0.2, 0) is 9.53 Å². The van der Waals surface area contributed by atoms with E-state index in [1.54, 1.807) is 0 Å². The standard InChI is InChI=1S/C14H24N2O3/c17-8-11-9-19-6-5-16(11)14(18)13-7-10-3-1-2-4-12(10)15-13/h10-13,15,17H,1-9H2. The van der Waals surface area contributed by atoms with Gasteiger partial charge >= 0.3 is 0 Å². The summed E-state index contributed by atoms with van der Waals surface area (Å²) in [6.45, 7) is 1.65. The van der Waals surface area contributed by atoms with Crippen molar-refractivity contribution < 1.29 is 14.6 Å². The van der Waals surface area contributed by atoms with E-state index in [0.29, 0.717) is 31.7 Å². The smallest absolute Gasteiger partial charge is 0.240 e. The van der Waals surface area contributed by atoms with Crippen LogP contribution in [0.2, 0.25) is 0 Å². The van der Waals surface area contributed by atoms with E-state index in [0.717, 1.165) is 6.42 Å². The Morgan fingerprint density at radius 2 is 2.21 bits per heavy atom. The number of nitrogens with one attached hydrogen (secondary N) is 1. The quantitative estimate of drug-likeness (QED) is 0.747. The highest BCUT2D eigenvalue weighted by atomic mass is 16.5. The zero-order valence-electron chi connectivity index (χ0n) is 11.4. The van der Waals surface area contributed by atoms with Gasteiger partial charge < -0.3 is 20.1 Å². The lowest BCUT2D eigenvalue weighted by Crippen LogP contribution is -2.55. The Hall–Kier alpha value is -0.650. The molecule has 1 aliphatic carbocycles. The van der Waals surface area contributed by atoms with Crippen molar-refractivity contribution in [3.63, 3.8) is 0 Å². The van der Waals surface area contributed by atoms with Gasteiger partial charge in [-0.05, 0) is 25.2 Å². The maximum atomic E-state index is 12.6. The average molecular weight is 268 g/mol. The summed E-state index contributed by atoms with van der Waals surface area (Å²) < 4.78 is 5.34. The molecule has 0 aromatic heterocycles. The van der Waals surface area contributed by atoms with Crippen LogP contribution >= 0.6 is 0 Å². The highest BCUT2D eigenvalue weighted by Crippen LogP contribution is 2.33.